The van der Waals surface area contributed by atoms with Gasteiger partial charge in [0.15, 0.2) is 11.6 Å². The van der Waals surface area contributed by atoms with E-state index in [2.05, 4.69) is 25.7 Å². The number of unbranched alkanes of at least 4 members (excludes halogenated alkanes) is 15. The first-order valence-corrected chi connectivity index (χ1v) is 19.0. The van der Waals surface area contributed by atoms with Gasteiger partial charge in [-0.1, -0.05) is 122 Å². The lowest BCUT2D eigenvalue weighted by Gasteiger charge is -2.15. The van der Waals surface area contributed by atoms with Gasteiger partial charge in [-0.3, -0.25) is 0 Å². The van der Waals surface area contributed by atoms with Crippen molar-refractivity contribution in [1.29, 1.82) is 0 Å². The highest BCUT2D eigenvalue weighted by Gasteiger charge is 2.10. The molecule has 0 aliphatic carbocycles. The lowest BCUT2D eigenvalue weighted by Crippen LogP contribution is -2.12. The van der Waals surface area contributed by atoms with Crippen molar-refractivity contribution in [3.8, 4) is 29.1 Å². The van der Waals surface area contributed by atoms with Crippen LogP contribution in [-0.2, 0) is 0 Å². The van der Waals surface area contributed by atoms with E-state index in [9.17, 15) is 9.18 Å². The van der Waals surface area contributed by atoms with Crippen LogP contribution < -0.4 is 14.2 Å². The van der Waals surface area contributed by atoms with Gasteiger partial charge >= 0.3 is 5.97 Å². The minimum Gasteiger partial charge on any atom is -0.494 e. The molecule has 0 amide bonds. The lowest BCUT2D eigenvalue weighted by molar-refractivity contribution is 0.0734. The predicted molar refractivity (Wildman–Crippen MR) is 200 cm³/mol. The maximum atomic E-state index is 14.6. The summed E-state index contributed by atoms with van der Waals surface area (Å²) in [6, 6.07) is 18.8. The van der Waals surface area contributed by atoms with Gasteiger partial charge in [0, 0.05) is 11.1 Å². The van der Waals surface area contributed by atoms with E-state index in [0.29, 0.717) is 23.5 Å². The zero-order valence-electron chi connectivity index (χ0n) is 30.4. The van der Waals surface area contributed by atoms with E-state index < -0.39 is 11.8 Å². The quantitative estimate of drug-likeness (QED) is 0.0412. The zero-order chi connectivity index (χ0) is 34.9. The van der Waals surface area contributed by atoms with Crippen molar-refractivity contribution in [3.05, 3.63) is 89.2 Å². The van der Waals surface area contributed by atoms with Crippen molar-refractivity contribution in [2.24, 2.45) is 0 Å². The molecule has 49 heavy (non-hydrogen) atoms. The Morgan fingerprint density at radius 1 is 0.633 bits per heavy atom. The van der Waals surface area contributed by atoms with Crippen LogP contribution in [0.5, 0.6) is 17.2 Å². The predicted octanol–water partition coefficient (Wildman–Crippen LogP) is 12.7. The molecule has 3 rings (SSSR count). The molecule has 0 radical (unpaired) electrons. The van der Waals surface area contributed by atoms with E-state index in [0.717, 1.165) is 30.6 Å². The fourth-order valence-corrected chi connectivity index (χ4v) is 5.72. The van der Waals surface area contributed by atoms with E-state index in [1.165, 1.54) is 102 Å². The third-order valence-corrected chi connectivity index (χ3v) is 8.75. The molecule has 0 N–H and O–H groups in total. The van der Waals surface area contributed by atoms with Crippen molar-refractivity contribution in [3.63, 3.8) is 0 Å². The van der Waals surface area contributed by atoms with Crippen LogP contribution in [-0.4, -0.2) is 18.7 Å². The number of halogens is 1. The third-order valence-electron chi connectivity index (χ3n) is 8.75. The minimum atomic E-state index is -0.435. The molecule has 4 nitrogen and oxygen atoms in total. The van der Waals surface area contributed by atoms with Gasteiger partial charge in [0.1, 0.15) is 11.5 Å². The van der Waals surface area contributed by atoms with E-state index >= 15 is 0 Å². The fraction of sp³-hybridized carbons (Fsp3) is 0.523. The molecule has 0 aromatic heterocycles. The van der Waals surface area contributed by atoms with E-state index in [4.69, 9.17) is 14.2 Å². The van der Waals surface area contributed by atoms with Crippen LogP contribution in [0.1, 0.15) is 158 Å². The maximum absolute atomic E-state index is 14.6. The van der Waals surface area contributed by atoms with Crippen LogP contribution in [0.2, 0.25) is 0 Å². The molecule has 1 unspecified atom stereocenters. The number of esters is 1. The molecular formula is C44H59FO4. The molecule has 3 aromatic rings. The summed E-state index contributed by atoms with van der Waals surface area (Å²) < 4.78 is 31.9. The normalized spacial score (nSPS) is 11.4. The molecule has 0 aliphatic heterocycles. The first-order valence-electron chi connectivity index (χ1n) is 19.0. The maximum Gasteiger partial charge on any atom is 0.343 e. The standard InChI is InChI=1S/C44H59FO4/c1-4-6-8-10-11-12-13-14-15-16-17-18-20-34-47-40-31-27-39(28-32-40)44(46)49-41-29-24-37(25-30-41)22-23-38-26-33-43(42(45)35-38)48-36(3)21-19-9-7-5-2/h24-33,35-36H,4-21,34H2,1-3H3. The molecule has 0 bridgehead atoms. The Kier molecular flexibility index (Phi) is 19.7. The number of carbonyl (C=O) groups is 1. The van der Waals surface area contributed by atoms with Crippen LogP contribution >= 0.6 is 0 Å². The Balaban J connectivity index is 1.32. The molecule has 0 heterocycles. The minimum absolute atomic E-state index is 0.0343. The van der Waals surface area contributed by atoms with Crippen LogP contribution in [0.15, 0.2) is 66.7 Å². The van der Waals surface area contributed by atoms with Gasteiger partial charge in [0.05, 0.1) is 18.3 Å². The number of benzene rings is 3. The van der Waals surface area contributed by atoms with Gasteiger partial charge in [0.2, 0.25) is 0 Å². The summed E-state index contributed by atoms with van der Waals surface area (Å²) in [5, 5.41) is 0. The Bertz CT molecular complexity index is 1390. The van der Waals surface area contributed by atoms with Gasteiger partial charge in [-0.15, -0.1) is 0 Å². The Hall–Kier alpha value is -3.78. The second-order valence-corrected chi connectivity index (χ2v) is 13.2. The highest BCUT2D eigenvalue weighted by atomic mass is 19.1. The van der Waals surface area contributed by atoms with Crippen molar-refractivity contribution in [1.82, 2.24) is 0 Å². The van der Waals surface area contributed by atoms with Gasteiger partial charge < -0.3 is 14.2 Å². The van der Waals surface area contributed by atoms with Crippen LogP contribution in [0.25, 0.3) is 0 Å². The highest BCUT2D eigenvalue weighted by molar-refractivity contribution is 5.91. The van der Waals surface area contributed by atoms with Crippen molar-refractivity contribution >= 4 is 5.97 Å². The Morgan fingerprint density at radius 3 is 1.73 bits per heavy atom. The van der Waals surface area contributed by atoms with Gasteiger partial charge in [-0.2, -0.15) is 0 Å². The first-order chi connectivity index (χ1) is 24.0. The monoisotopic (exact) mass is 670 g/mol. The molecule has 0 aliphatic rings. The zero-order valence-corrected chi connectivity index (χ0v) is 30.4. The number of rotatable bonds is 24. The van der Waals surface area contributed by atoms with Crippen molar-refractivity contribution < 1.29 is 23.4 Å². The molecular weight excluding hydrogens is 611 g/mol. The number of carbonyl (C=O) groups excluding carboxylic acids is 1. The molecule has 3 aromatic carbocycles. The van der Waals surface area contributed by atoms with Gasteiger partial charge in [-0.25, -0.2) is 9.18 Å². The Labute approximate surface area is 296 Å². The molecule has 0 saturated heterocycles. The summed E-state index contributed by atoms with van der Waals surface area (Å²) in [5.41, 5.74) is 1.75. The largest absolute Gasteiger partial charge is 0.494 e. The van der Waals surface area contributed by atoms with Gasteiger partial charge in [0.25, 0.3) is 0 Å². The second-order valence-electron chi connectivity index (χ2n) is 13.2. The molecule has 0 fully saturated rings. The number of hydrogen-bond acceptors (Lipinski definition) is 4. The SMILES string of the molecule is CCCCCCCCCCCCCCCOc1ccc(C(=O)Oc2ccc(C#Cc3ccc(OC(C)CCCCCC)c(F)c3)cc2)cc1. The first kappa shape index (κ1) is 39.7. The molecule has 1 atom stereocenters. The van der Waals surface area contributed by atoms with Crippen LogP contribution in [0.3, 0.4) is 0 Å². The smallest absolute Gasteiger partial charge is 0.343 e. The summed E-state index contributed by atoms with van der Waals surface area (Å²) in [4.78, 5) is 12.7. The lowest BCUT2D eigenvalue weighted by atomic mass is 10.0. The fourth-order valence-electron chi connectivity index (χ4n) is 5.72. The average molecular weight is 671 g/mol. The van der Waals surface area contributed by atoms with E-state index in [1.807, 2.05) is 19.1 Å². The van der Waals surface area contributed by atoms with Crippen LogP contribution in [0, 0.1) is 17.7 Å². The van der Waals surface area contributed by atoms with Crippen LogP contribution in [0.4, 0.5) is 4.39 Å². The van der Waals surface area contributed by atoms with E-state index in [1.54, 1.807) is 48.5 Å². The summed E-state index contributed by atoms with van der Waals surface area (Å²) in [7, 11) is 0. The van der Waals surface area contributed by atoms with Gasteiger partial charge in [-0.05, 0) is 92.9 Å². The van der Waals surface area contributed by atoms with Crippen molar-refractivity contribution in [2.75, 3.05) is 6.61 Å². The summed E-state index contributed by atoms with van der Waals surface area (Å²) in [6.45, 7) is 7.12. The average Bonchev–Trinajstić information content (AvgIpc) is 3.11. The topological polar surface area (TPSA) is 44.8 Å². The van der Waals surface area contributed by atoms with E-state index in [-0.39, 0.29) is 11.9 Å². The molecule has 0 spiro atoms. The molecule has 266 valence electrons. The highest BCUT2D eigenvalue weighted by Crippen LogP contribution is 2.22. The number of hydrogen-bond donors (Lipinski definition) is 0. The van der Waals surface area contributed by atoms with Crippen molar-refractivity contribution in [2.45, 2.75) is 142 Å². The number of ether oxygens (including phenoxy) is 3. The molecule has 5 heteroatoms. The Morgan fingerprint density at radius 2 is 1.14 bits per heavy atom. The summed E-state index contributed by atoms with van der Waals surface area (Å²) in [6.07, 6.45) is 22.8. The summed E-state index contributed by atoms with van der Waals surface area (Å²) in [5.74, 6) is 6.63. The third kappa shape index (κ3) is 16.9. The summed E-state index contributed by atoms with van der Waals surface area (Å²) >= 11 is 0. The second kappa shape index (κ2) is 24.4. The molecule has 0 saturated carbocycles.